The Hall–Kier alpha value is -3.33. The van der Waals surface area contributed by atoms with Crippen molar-refractivity contribution in [1.29, 1.82) is 5.26 Å². The second kappa shape index (κ2) is 7.05. The lowest BCUT2D eigenvalue weighted by Crippen LogP contribution is -2.23. The van der Waals surface area contributed by atoms with Crippen molar-refractivity contribution in [1.82, 2.24) is 9.55 Å². The van der Waals surface area contributed by atoms with E-state index in [0.29, 0.717) is 18.0 Å². The van der Waals surface area contributed by atoms with Crippen molar-refractivity contribution in [3.8, 4) is 11.9 Å². The zero-order valence-electron chi connectivity index (χ0n) is 14.1. The second-order valence-electron chi connectivity index (χ2n) is 5.75. The molecule has 1 atom stereocenters. The van der Waals surface area contributed by atoms with Crippen LogP contribution in [0.3, 0.4) is 0 Å². The molecule has 0 saturated heterocycles. The predicted octanol–water partition coefficient (Wildman–Crippen LogP) is 2.90. The van der Waals surface area contributed by atoms with E-state index in [1.54, 1.807) is 12.1 Å². The number of nitrogens with zero attached hydrogens (tertiary/aromatic N) is 3. The molecule has 0 aliphatic rings. The third-order valence-electron chi connectivity index (χ3n) is 4.09. The van der Waals surface area contributed by atoms with Crippen molar-refractivity contribution in [2.45, 2.75) is 6.42 Å². The van der Waals surface area contributed by atoms with Gasteiger partial charge in [-0.05, 0) is 24.1 Å². The summed E-state index contributed by atoms with van der Waals surface area (Å²) >= 11 is 0. The molecule has 1 aromatic carbocycles. The van der Waals surface area contributed by atoms with Gasteiger partial charge in [0.2, 0.25) is 11.8 Å². The average molecular weight is 334 g/mol. The van der Waals surface area contributed by atoms with E-state index in [1.165, 1.54) is 13.3 Å². The van der Waals surface area contributed by atoms with Gasteiger partial charge in [-0.3, -0.25) is 4.79 Å². The van der Waals surface area contributed by atoms with Crippen LogP contribution in [0.2, 0.25) is 0 Å². The summed E-state index contributed by atoms with van der Waals surface area (Å²) in [6.45, 7) is 0. The Morgan fingerprint density at radius 3 is 2.84 bits per heavy atom. The number of carbonyl (C=O) groups is 1. The minimum Gasteiger partial charge on any atom is -0.481 e. The summed E-state index contributed by atoms with van der Waals surface area (Å²) in [7, 11) is 3.48. The van der Waals surface area contributed by atoms with Crippen LogP contribution < -0.4 is 10.1 Å². The first-order valence-corrected chi connectivity index (χ1v) is 7.86. The normalized spacial score (nSPS) is 11.7. The summed E-state index contributed by atoms with van der Waals surface area (Å²) in [5.41, 5.74) is 2.59. The van der Waals surface area contributed by atoms with Gasteiger partial charge in [0.05, 0.1) is 25.1 Å². The molecule has 25 heavy (non-hydrogen) atoms. The molecule has 0 fully saturated rings. The molecular formula is C19H18N4O2. The lowest BCUT2D eigenvalue weighted by Gasteiger charge is -2.10. The zero-order chi connectivity index (χ0) is 17.8. The Labute approximate surface area is 145 Å². The number of rotatable bonds is 5. The Bertz CT molecular complexity index is 938. The number of amides is 1. The zero-order valence-corrected chi connectivity index (χ0v) is 14.1. The first kappa shape index (κ1) is 16.5. The maximum Gasteiger partial charge on any atom is 0.242 e. The fraction of sp³-hybridized carbons (Fsp3) is 0.211. The standard InChI is InChI=1S/C19H18N4O2/c1-23-12-14(16-5-3-4-6-17(16)23)9-13(10-20)19(24)22-15-7-8-18(25-2)21-11-15/h3-8,11-13H,9H2,1-2H3,(H,22,24)/t13-/m1/s1. The molecule has 0 saturated carbocycles. The molecule has 0 spiro atoms. The smallest absolute Gasteiger partial charge is 0.242 e. The van der Waals surface area contributed by atoms with Gasteiger partial charge in [-0.15, -0.1) is 0 Å². The van der Waals surface area contributed by atoms with Crippen LogP contribution in [0.1, 0.15) is 5.56 Å². The minimum absolute atomic E-state index is 0.345. The predicted molar refractivity (Wildman–Crippen MR) is 95.1 cm³/mol. The molecule has 2 aromatic heterocycles. The van der Waals surface area contributed by atoms with Gasteiger partial charge in [-0.1, -0.05) is 18.2 Å². The molecule has 6 heteroatoms. The van der Waals surface area contributed by atoms with Crippen molar-refractivity contribution in [3.63, 3.8) is 0 Å². The Kier molecular flexibility index (Phi) is 4.66. The summed E-state index contributed by atoms with van der Waals surface area (Å²) in [6.07, 6.45) is 3.83. The number of fused-ring (bicyclic) bond motifs is 1. The largest absolute Gasteiger partial charge is 0.481 e. The van der Waals surface area contributed by atoms with Gasteiger partial charge in [-0.25, -0.2) is 4.98 Å². The SMILES string of the molecule is COc1ccc(NC(=O)[C@@H](C#N)Cc2cn(C)c3ccccc23)cn1. The number of carbonyl (C=O) groups excluding carboxylic acids is 1. The van der Waals surface area contributed by atoms with Gasteiger partial charge in [0.25, 0.3) is 0 Å². The molecule has 0 aliphatic carbocycles. The molecule has 2 heterocycles. The third-order valence-corrected chi connectivity index (χ3v) is 4.09. The van der Waals surface area contributed by atoms with Gasteiger partial charge >= 0.3 is 0 Å². The van der Waals surface area contributed by atoms with Gasteiger partial charge in [0.15, 0.2) is 0 Å². The van der Waals surface area contributed by atoms with E-state index in [0.717, 1.165) is 16.5 Å². The number of aromatic nitrogens is 2. The number of aryl methyl sites for hydroxylation is 1. The van der Waals surface area contributed by atoms with Crippen LogP contribution in [-0.4, -0.2) is 22.6 Å². The molecule has 3 aromatic rings. The number of nitrogens with one attached hydrogen (secondary N) is 1. The fourth-order valence-corrected chi connectivity index (χ4v) is 2.81. The highest BCUT2D eigenvalue weighted by atomic mass is 16.5. The number of hydrogen-bond donors (Lipinski definition) is 1. The fourth-order valence-electron chi connectivity index (χ4n) is 2.81. The van der Waals surface area contributed by atoms with E-state index >= 15 is 0 Å². The number of ether oxygens (including phenoxy) is 1. The van der Waals surface area contributed by atoms with Crippen LogP contribution in [0.25, 0.3) is 10.9 Å². The molecule has 0 radical (unpaired) electrons. The topological polar surface area (TPSA) is 79.9 Å². The minimum atomic E-state index is -0.784. The van der Waals surface area contributed by atoms with Crippen LogP contribution in [-0.2, 0) is 18.3 Å². The van der Waals surface area contributed by atoms with Gasteiger partial charge in [0, 0.05) is 30.2 Å². The summed E-state index contributed by atoms with van der Waals surface area (Å²) in [6, 6.07) is 13.4. The number of methoxy groups -OCH3 is 1. The van der Waals surface area contributed by atoms with Crippen molar-refractivity contribution in [2.75, 3.05) is 12.4 Å². The van der Waals surface area contributed by atoms with E-state index in [-0.39, 0.29) is 5.91 Å². The molecule has 6 nitrogen and oxygen atoms in total. The highest BCUT2D eigenvalue weighted by Gasteiger charge is 2.21. The Balaban J connectivity index is 1.77. The summed E-state index contributed by atoms with van der Waals surface area (Å²) < 4.78 is 6.99. The Morgan fingerprint density at radius 2 is 2.16 bits per heavy atom. The van der Waals surface area contributed by atoms with E-state index in [2.05, 4.69) is 16.4 Å². The second-order valence-corrected chi connectivity index (χ2v) is 5.75. The monoisotopic (exact) mass is 334 g/mol. The third kappa shape index (κ3) is 3.45. The van der Waals surface area contributed by atoms with Gasteiger partial charge < -0.3 is 14.6 Å². The maximum atomic E-state index is 12.4. The number of anilines is 1. The molecular weight excluding hydrogens is 316 g/mol. The van der Waals surface area contributed by atoms with Crippen LogP contribution in [0.15, 0.2) is 48.8 Å². The van der Waals surface area contributed by atoms with Crippen molar-refractivity contribution < 1.29 is 9.53 Å². The number of benzene rings is 1. The van der Waals surface area contributed by atoms with E-state index < -0.39 is 5.92 Å². The maximum absolute atomic E-state index is 12.4. The highest BCUT2D eigenvalue weighted by Crippen LogP contribution is 2.23. The van der Waals surface area contributed by atoms with E-state index in [4.69, 9.17) is 4.74 Å². The highest BCUT2D eigenvalue weighted by molar-refractivity contribution is 5.94. The van der Waals surface area contributed by atoms with Crippen molar-refractivity contribution >= 4 is 22.5 Å². The number of pyridine rings is 1. The molecule has 1 N–H and O–H groups in total. The molecule has 3 rings (SSSR count). The summed E-state index contributed by atoms with van der Waals surface area (Å²) in [4.78, 5) is 16.5. The molecule has 0 aliphatic heterocycles. The van der Waals surface area contributed by atoms with Crippen LogP contribution in [0.4, 0.5) is 5.69 Å². The van der Waals surface area contributed by atoms with Gasteiger partial charge in [-0.2, -0.15) is 5.26 Å². The number of hydrogen-bond acceptors (Lipinski definition) is 4. The van der Waals surface area contributed by atoms with Gasteiger partial charge in [0.1, 0.15) is 5.92 Å². The lowest BCUT2D eigenvalue weighted by atomic mass is 9.99. The van der Waals surface area contributed by atoms with Crippen molar-refractivity contribution in [3.05, 3.63) is 54.4 Å². The number of nitriles is 1. The van der Waals surface area contributed by atoms with Crippen LogP contribution in [0, 0.1) is 17.2 Å². The summed E-state index contributed by atoms with van der Waals surface area (Å²) in [5, 5.41) is 13.2. The van der Waals surface area contributed by atoms with Crippen LogP contribution >= 0.6 is 0 Å². The first-order valence-electron chi connectivity index (χ1n) is 7.86. The quantitative estimate of drug-likeness (QED) is 0.778. The number of para-hydroxylation sites is 1. The van der Waals surface area contributed by atoms with E-state index in [1.807, 2.05) is 42.1 Å². The first-order chi connectivity index (χ1) is 12.1. The lowest BCUT2D eigenvalue weighted by molar-refractivity contribution is -0.118. The van der Waals surface area contributed by atoms with Crippen LogP contribution in [0.5, 0.6) is 5.88 Å². The molecule has 1 amide bonds. The van der Waals surface area contributed by atoms with Crippen molar-refractivity contribution in [2.24, 2.45) is 13.0 Å². The molecule has 0 unspecified atom stereocenters. The summed E-state index contributed by atoms with van der Waals surface area (Å²) in [5.74, 6) is -0.666. The van der Waals surface area contributed by atoms with E-state index in [9.17, 15) is 10.1 Å². The Morgan fingerprint density at radius 1 is 1.36 bits per heavy atom. The molecule has 0 bridgehead atoms. The molecule has 126 valence electrons. The average Bonchev–Trinajstić information content (AvgIpc) is 2.96.